The lowest BCUT2D eigenvalue weighted by Crippen LogP contribution is -2.51. The number of piperidine rings is 2. The minimum Gasteiger partial charge on any atom is -0.354 e. The molecule has 0 spiro atoms. The molecule has 2 fully saturated rings. The Morgan fingerprint density at radius 3 is 2.76 bits per heavy atom. The third-order valence-electron chi connectivity index (χ3n) is 5.58. The van der Waals surface area contributed by atoms with E-state index >= 15 is 0 Å². The highest BCUT2D eigenvalue weighted by Crippen LogP contribution is 2.34. The van der Waals surface area contributed by atoms with Crippen LogP contribution in [0.1, 0.15) is 42.5 Å². The number of ether oxygens (including phenoxy) is 1. The molecule has 1 N–H and O–H groups in total. The topological polar surface area (TPSA) is 84.7 Å². The van der Waals surface area contributed by atoms with Gasteiger partial charge in [-0.15, -0.1) is 0 Å². The minimum absolute atomic E-state index is 0.0955. The predicted octanol–water partition coefficient (Wildman–Crippen LogP) is 4.30. The van der Waals surface area contributed by atoms with Crippen LogP contribution >= 0.6 is 34.8 Å². The molecule has 2 aliphatic rings. The second-order valence-corrected chi connectivity index (χ2v) is 9.91. The van der Waals surface area contributed by atoms with Crippen molar-refractivity contribution in [3.8, 4) is 0 Å². The van der Waals surface area contributed by atoms with Gasteiger partial charge in [0.05, 0.1) is 11.5 Å². The van der Waals surface area contributed by atoms with Crippen LogP contribution < -0.4 is 5.32 Å². The molecular formula is C19H24Cl3N3O4. The van der Waals surface area contributed by atoms with Crippen molar-refractivity contribution in [3.05, 3.63) is 39.9 Å². The number of hydrogen-bond acceptors (Lipinski definition) is 5. The molecule has 3 atom stereocenters. The zero-order valence-electron chi connectivity index (χ0n) is 15.9. The molecule has 160 valence electrons. The van der Waals surface area contributed by atoms with Crippen molar-refractivity contribution >= 4 is 46.4 Å². The van der Waals surface area contributed by atoms with E-state index in [4.69, 9.17) is 39.5 Å². The van der Waals surface area contributed by atoms with Crippen molar-refractivity contribution in [2.24, 2.45) is 5.92 Å². The van der Waals surface area contributed by atoms with Crippen molar-refractivity contribution in [1.29, 1.82) is 0 Å². The smallest absolute Gasteiger partial charge is 0.270 e. The number of alkyl halides is 3. The second-order valence-electron chi connectivity index (χ2n) is 7.54. The highest BCUT2D eigenvalue weighted by Gasteiger charge is 2.38. The van der Waals surface area contributed by atoms with Crippen LogP contribution in [-0.2, 0) is 4.74 Å². The van der Waals surface area contributed by atoms with Crippen molar-refractivity contribution < 1.29 is 14.5 Å². The van der Waals surface area contributed by atoms with Gasteiger partial charge in [0, 0.05) is 23.7 Å². The van der Waals surface area contributed by atoms with Crippen LogP contribution in [0, 0.1) is 16.0 Å². The fourth-order valence-electron chi connectivity index (χ4n) is 4.17. The quantitative estimate of drug-likeness (QED) is 0.294. The fourth-order valence-corrected chi connectivity index (χ4v) is 4.53. The standard InChI is InChI=1S/C19H24Cl3N3O4/c20-19(21,22)18(23-17(26)13-5-3-7-15(11-13)25(27)28)29-12-14-6-4-10-24-9-2-1-8-16(14)24/h3,5,7,11,14,16,18H,1-2,4,6,8-10,12H2,(H,23,26). The van der Waals surface area contributed by atoms with Gasteiger partial charge in [0.1, 0.15) is 0 Å². The van der Waals surface area contributed by atoms with Gasteiger partial charge in [-0.05, 0) is 50.8 Å². The maximum Gasteiger partial charge on any atom is 0.270 e. The van der Waals surface area contributed by atoms with E-state index < -0.39 is 20.9 Å². The van der Waals surface area contributed by atoms with E-state index in [9.17, 15) is 14.9 Å². The summed E-state index contributed by atoms with van der Waals surface area (Å²) in [7, 11) is 0. The van der Waals surface area contributed by atoms with E-state index in [1.165, 1.54) is 37.1 Å². The Hall–Kier alpha value is -1.12. The summed E-state index contributed by atoms with van der Waals surface area (Å²) in [5.74, 6) is -0.290. The Balaban J connectivity index is 1.65. The van der Waals surface area contributed by atoms with Crippen LogP contribution in [-0.4, -0.2) is 51.5 Å². The Labute approximate surface area is 184 Å². The zero-order chi connectivity index (χ0) is 21.0. The molecule has 1 aromatic rings. The van der Waals surface area contributed by atoms with E-state index in [-0.39, 0.29) is 11.3 Å². The lowest BCUT2D eigenvalue weighted by molar-refractivity contribution is -0.384. The van der Waals surface area contributed by atoms with Crippen LogP contribution in [0.2, 0.25) is 0 Å². The average Bonchev–Trinajstić information content (AvgIpc) is 2.70. The van der Waals surface area contributed by atoms with E-state index in [0.29, 0.717) is 18.6 Å². The number of fused-ring (bicyclic) bond motifs is 1. The van der Waals surface area contributed by atoms with Gasteiger partial charge in [0.25, 0.3) is 11.6 Å². The molecule has 0 saturated carbocycles. The fraction of sp³-hybridized carbons (Fsp3) is 0.632. The van der Waals surface area contributed by atoms with Gasteiger partial charge in [0.2, 0.25) is 3.79 Å². The molecule has 0 bridgehead atoms. The first-order valence-corrected chi connectivity index (χ1v) is 10.9. The lowest BCUT2D eigenvalue weighted by Gasteiger charge is -2.44. The summed E-state index contributed by atoms with van der Waals surface area (Å²) < 4.78 is 4.00. The van der Waals surface area contributed by atoms with Gasteiger partial charge in [-0.1, -0.05) is 47.3 Å². The molecule has 7 nitrogen and oxygen atoms in total. The number of halogens is 3. The van der Waals surface area contributed by atoms with Crippen LogP contribution in [0.4, 0.5) is 5.69 Å². The van der Waals surface area contributed by atoms with E-state index in [2.05, 4.69) is 10.2 Å². The average molecular weight is 465 g/mol. The molecule has 10 heteroatoms. The summed E-state index contributed by atoms with van der Waals surface area (Å²) in [4.78, 5) is 25.4. The number of benzene rings is 1. The molecule has 29 heavy (non-hydrogen) atoms. The number of amides is 1. The zero-order valence-corrected chi connectivity index (χ0v) is 18.1. The van der Waals surface area contributed by atoms with E-state index in [0.717, 1.165) is 32.4 Å². The number of nitrogens with one attached hydrogen (secondary N) is 1. The normalized spacial score (nSPS) is 23.8. The van der Waals surface area contributed by atoms with Crippen molar-refractivity contribution in [2.45, 2.75) is 48.2 Å². The van der Waals surface area contributed by atoms with Gasteiger partial charge in [-0.3, -0.25) is 14.9 Å². The summed E-state index contributed by atoms with van der Waals surface area (Å²) in [6.07, 6.45) is 4.52. The van der Waals surface area contributed by atoms with Gasteiger partial charge in [-0.25, -0.2) is 0 Å². The van der Waals surface area contributed by atoms with E-state index in [1.807, 2.05) is 0 Å². The first-order chi connectivity index (χ1) is 13.8. The monoisotopic (exact) mass is 463 g/mol. The van der Waals surface area contributed by atoms with Gasteiger partial charge in [-0.2, -0.15) is 0 Å². The molecular weight excluding hydrogens is 441 g/mol. The lowest BCUT2D eigenvalue weighted by atomic mass is 9.84. The summed E-state index contributed by atoms with van der Waals surface area (Å²) in [5.41, 5.74) is -0.0956. The van der Waals surface area contributed by atoms with Crippen LogP contribution in [0.15, 0.2) is 24.3 Å². The predicted molar refractivity (Wildman–Crippen MR) is 113 cm³/mol. The molecule has 1 aromatic carbocycles. The number of carbonyl (C=O) groups excluding carboxylic acids is 1. The van der Waals surface area contributed by atoms with E-state index in [1.54, 1.807) is 0 Å². The largest absolute Gasteiger partial charge is 0.354 e. The van der Waals surface area contributed by atoms with Crippen LogP contribution in [0.3, 0.4) is 0 Å². The molecule has 0 radical (unpaired) electrons. The number of rotatable bonds is 6. The molecule has 3 rings (SSSR count). The number of hydrogen-bond donors (Lipinski definition) is 1. The first kappa shape index (κ1) is 22.6. The second kappa shape index (κ2) is 9.79. The Morgan fingerprint density at radius 2 is 2.03 bits per heavy atom. The van der Waals surface area contributed by atoms with Gasteiger partial charge < -0.3 is 15.0 Å². The Kier molecular flexibility index (Phi) is 7.62. The van der Waals surface area contributed by atoms with Crippen molar-refractivity contribution in [3.63, 3.8) is 0 Å². The maximum atomic E-state index is 12.6. The SMILES string of the molecule is O=C(NC(OCC1CCCN2CCCCC12)C(Cl)(Cl)Cl)c1cccc([N+](=O)[O-])c1. The third-order valence-corrected chi connectivity index (χ3v) is 6.18. The Morgan fingerprint density at radius 1 is 1.28 bits per heavy atom. The number of non-ortho nitro benzene ring substituents is 1. The summed E-state index contributed by atoms with van der Waals surface area (Å²) in [6.45, 7) is 2.59. The van der Waals surface area contributed by atoms with Crippen LogP contribution in [0.25, 0.3) is 0 Å². The number of nitro benzene ring substituents is 1. The number of nitro groups is 1. The molecule has 2 saturated heterocycles. The third kappa shape index (κ3) is 5.95. The minimum atomic E-state index is -1.88. The highest BCUT2D eigenvalue weighted by molar-refractivity contribution is 6.68. The Bertz CT molecular complexity index is 742. The van der Waals surface area contributed by atoms with Gasteiger partial charge in [0.15, 0.2) is 6.23 Å². The summed E-state index contributed by atoms with van der Waals surface area (Å²) >= 11 is 18.1. The number of carbonyl (C=O) groups is 1. The molecule has 0 aromatic heterocycles. The molecule has 0 aliphatic carbocycles. The molecule has 2 aliphatic heterocycles. The summed E-state index contributed by atoms with van der Waals surface area (Å²) in [5, 5.41) is 13.5. The summed E-state index contributed by atoms with van der Waals surface area (Å²) in [6, 6.07) is 5.82. The molecule has 2 heterocycles. The van der Waals surface area contributed by atoms with Gasteiger partial charge >= 0.3 is 0 Å². The highest BCUT2D eigenvalue weighted by atomic mass is 35.6. The maximum absolute atomic E-state index is 12.6. The molecule has 1 amide bonds. The first-order valence-electron chi connectivity index (χ1n) is 9.73. The van der Waals surface area contributed by atoms with Crippen molar-refractivity contribution in [2.75, 3.05) is 19.7 Å². The van der Waals surface area contributed by atoms with Crippen molar-refractivity contribution in [1.82, 2.24) is 10.2 Å². The number of nitrogens with zero attached hydrogens (tertiary/aromatic N) is 2. The molecule has 3 unspecified atom stereocenters. The van der Waals surface area contributed by atoms with Crippen LogP contribution in [0.5, 0.6) is 0 Å².